The van der Waals surface area contributed by atoms with Crippen LogP contribution in [0.1, 0.15) is 0 Å². The zero-order valence-electron chi connectivity index (χ0n) is 12.0. The fourth-order valence-electron chi connectivity index (χ4n) is 2.55. The Morgan fingerprint density at radius 1 is 0.652 bits per heavy atom. The minimum atomic E-state index is -1.75. The number of ether oxygens (including phenoxy) is 3. The minimum absolute atomic E-state index is 0.651. The van der Waals surface area contributed by atoms with Gasteiger partial charge in [-0.3, -0.25) is 0 Å². The second-order valence-electron chi connectivity index (χ2n) is 5.53. The van der Waals surface area contributed by atoms with E-state index in [1.165, 1.54) is 0 Å². The maximum absolute atomic E-state index is 9.94. The molecule has 0 saturated carbocycles. The van der Waals surface area contributed by atoms with E-state index in [0.717, 1.165) is 0 Å². The Labute approximate surface area is 130 Å². The lowest BCUT2D eigenvalue weighted by atomic mass is 9.97. The van der Waals surface area contributed by atoms with Gasteiger partial charge >= 0.3 is 0 Å². The lowest BCUT2D eigenvalue weighted by Crippen LogP contribution is -2.64. The molecular formula is C12H22O11. The Morgan fingerprint density at radius 3 is 1.74 bits per heavy atom. The average molecular weight is 342 g/mol. The van der Waals surface area contributed by atoms with Gasteiger partial charge in [-0.15, -0.1) is 0 Å². The van der Waals surface area contributed by atoms with Gasteiger partial charge in [0, 0.05) is 0 Å². The third kappa shape index (κ3) is 3.65. The summed E-state index contributed by atoms with van der Waals surface area (Å²) in [5.74, 6) is 0. The van der Waals surface area contributed by atoms with Gasteiger partial charge < -0.3 is 55.1 Å². The van der Waals surface area contributed by atoms with Crippen LogP contribution in [0.3, 0.4) is 0 Å². The standard InChI is InChI=1S/C12H22O11/c13-1-3-6(16)8(18)10(11(20)21-3)23-12-9(19)7(17)5(15)4(2-14)22-12/h3-20H,1-2H2/t3-,4+,5+,6-,7+,8+,9+,10-,11+,12-/m1/s1. The molecule has 0 aromatic heterocycles. The number of hydrogen-bond donors (Lipinski definition) is 8. The van der Waals surface area contributed by atoms with Crippen molar-refractivity contribution in [1.29, 1.82) is 0 Å². The molecule has 0 aromatic rings. The van der Waals surface area contributed by atoms with E-state index in [1.54, 1.807) is 0 Å². The average Bonchev–Trinajstić information content (AvgIpc) is 2.54. The summed E-state index contributed by atoms with van der Waals surface area (Å²) in [6.45, 7) is -1.33. The molecule has 10 atom stereocenters. The molecule has 2 fully saturated rings. The van der Waals surface area contributed by atoms with E-state index in [9.17, 15) is 30.6 Å². The highest BCUT2D eigenvalue weighted by atomic mass is 16.7. The highest BCUT2D eigenvalue weighted by molar-refractivity contribution is 4.93. The first-order chi connectivity index (χ1) is 10.8. The molecular weight excluding hydrogens is 320 g/mol. The number of aliphatic hydroxyl groups excluding tert-OH is 8. The molecule has 0 aromatic carbocycles. The van der Waals surface area contributed by atoms with E-state index < -0.39 is 74.6 Å². The predicted octanol–water partition coefficient (Wildman–Crippen LogP) is -5.40. The summed E-state index contributed by atoms with van der Waals surface area (Å²) in [6.07, 6.45) is -15.6. The maximum atomic E-state index is 9.94. The first kappa shape index (κ1) is 18.9. The molecule has 2 saturated heterocycles. The normalized spacial score (nSPS) is 51.7. The van der Waals surface area contributed by atoms with Gasteiger partial charge in [0.25, 0.3) is 0 Å². The molecule has 23 heavy (non-hydrogen) atoms. The van der Waals surface area contributed by atoms with Crippen LogP contribution in [0.4, 0.5) is 0 Å². The van der Waals surface area contributed by atoms with Crippen LogP contribution in [-0.4, -0.2) is 115 Å². The molecule has 11 heteroatoms. The number of rotatable bonds is 4. The Kier molecular flexibility index (Phi) is 6.27. The summed E-state index contributed by atoms with van der Waals surface area (Å²) in [6, 6.07) is 0. The maximum Gasteiger partial charge on any atom is 0.187 e. The molecule has 8 N–H and O–H groups in total. The van der Waals surface area contributed by atoms with Gasteiger partial charge in [-0.2, -0.15) is 0 Å². The van der Waals surface area contributed by atoms with Crippen LogP contribution in [0.2, 0.25) is 0 Å². The van der Waals surface area contributed by atoms with Crippen molar-refractivity contribution >= 4 is 0 Å². The smallest absolute Gasteiger partial charge is 0.187 e. The summed E-state index contributed by atoms with van der Waals surface area (Å²) in [5.41, 5.74) is 0. The molecule has 0 aliphatic carbocycles. The van der Waals surface area contributed by atoms with Gasteiger partial charge in [0.2, 0.25) is 0 Å². The van der Waals surface area contributed by atoms with Crippen LogP contribution in [0.15, 0.2) is 0 Å². The van der Waals surface area contributed by atoms with E-state index >= 15 is 0 Å². The first-order valence-electron chi connectivity index (χ1n) is 7.08. The molecule has 11 nitrogen and oxygen atoms in total. The molecule has 2 aliphatic heterocycles. The van der Waals surface area contributed by atoms with Gasteiger partial charge in [0.1, 0.15) is 48.8 Å². The van der Waals surface area contributed by atoms with Crippen molar-refractivity contribution in [2.75, 3.05) is 13.2 Å². The highest BCUT2D eigenvalue weighted by Crippen LogP contribution is 2.28. The fraction of sp³-hybridized carbons (Fsp3) is 1.00. The fourth-order valence-corrected chi connectivity index (χ4v) is 2.55. The summed E-state index contributed by atoms with van der Waals surface area (Å²) in [5, 5.41) is 76.7. The van der Waals surface area contributed by atoms with Crippen LogP contribution >= 0.6 is 0 Å². The lowest BCUT2D eigenvalue weighted by Gasteiger charge is -2.44. The van der Waals surface area contributed by atoms with E-state index in [-0.39, 0.29) is 0 Å². The predicted molar refractivity (Wildman–Crippen MR) is 68.6 cm³/mol. The molecule has 2 aliphatic rings. The van der Waals surface area contributed by atoms with E-state index in [1.807, 2.05) is 0 Å². The Hall–Kier alpha value is -0.440. The molecule has 0 bridgehead atoms. The molecule has 0 amide bonds. The Morgan fingerprint density at radius 2 is 1.17 bits per heavy atom. The molecule has 0 spiro atoms. The van der Waals surface area contributed by atoms with Crippen molar-refractivity contribution in [3.63, 3.8) is 0 Å². The largest absolute Gasteiger partial charge is 0.394 e. The van der Waals surface area contributed by atoms with Crippen LogP contribution in [0.25, 0.3) is 0 Å². The van der Waals surface area contributed by atoms with Crippen molar-refractivity contribution in [3.05, 3.63) is 0 Å². The van der Waals surface area contributed by atoms with Crippen molar-refractivity contribution in [2.45, 2.75) is 61.4 Å². The third-order valence-corrected chi connectivity index (χ3v) is 3.98. The van der Waals surface area contributed by atoms with Crippen LogP contribution < -0.4 is 0 Å². The molecule has 0 radical (unpaired) electrons. The topological polar surface area (TPSA) is 190 Å². The summed E-state index contributed by atoms with van der Waals surface area (Å²) >= 11 is 0. The molecule has 136 valence electrons. The Bertz CT molecular complexity index is 380. The van der Waals surface area contributed by atoms with Crippen molar-refractivity contribution in [1.82, 2.24) is 0 Å². The number of hydrogen-bond acceptors (Lipinski definition) is 11. The van der Waals surface area contributed by atoms with Crippen LogP contribution in [-0.2, 0) is 14.2 Å². The van der Waals surface area contributed by atoms with E-state index in [0.29, 0.717) is 0 Å². The number of aliphatic hydroxyl groups is 8. The van der Waals surface area contributed by atoms with E-state index in [4.69, 9.17) is 24.4 Å². The SMILES string of the molecule is OC[C@@H]1O[C@H](O[C@@H]2[C@@H](O)[C@H](O)[C@@H](CO)O[C@@H]2O)[C@@H](O)[C@@H](O)[C@H]1O. The van der Waals surface area contributed by atoms with Gasteiger partial charge in [0.05, 0.1) is 13.2 Å². The molecule has 2 heterocycles. The lowest BCUT2D eigenvalue weighted by molar-refractivity contribution is -0.361. The molecule has 0 unspecified atom stereocenters. The minimum Gasteiger partial charge on any atom is -0.394 e. The summed E-state index contributed by atoms with van der Waals surface area (Å²) < 4.78 is 15.1. The Balaban J connectivity index is 2.08. The zero-order valence-corrected chi connectivity index (χ0v) is 12.0. The highest BCUT2D eigenvalue weighted by Gasteiger charge is 2.50. The summed E-state index contributed by atoms with van der Waals surface area (Å²) in [4.78, 5) is 0. The van der Waals surface area contributed by atoms with Gasteiger partial charge in [0.15, 0.2) is 12.6 Å². The quantitative estimate of drug-likeness (QED) is 0.243. The molecule has 2 rings (SSSR count). The second kappa shape index (κ2) is 7.63. The van der Waals surface area contributed by atoms with Crippen molar-refractivity contribution < 1.29 is 55.1 Å². The third-order valence-electron chi connectivity index (χ3n) is 3.98. The van der Waals surface area contributed by atoms with Crippen molar-refractivity contribution in [2.24, 2.45) is 0 Å². The van der Waals surface area contributed by atoms with Gasteiger partial charge in [-0.05, 0) is 0 Å². The monoisotopic (exact) mass is 342 g/mol. The second-order valence-corrected chi connectivity index (χ2v) is 5.53. The first-order valence-corrected chi connectivity index (χ1v) is 7.08. The van der Waals surface area contributed by atoms with Gasteiger partial charge in [-0.25, -0.2) is 0 Å². The van der Waals surface area contributed by atoms with Gasteiger partial charge in [-0.1, -0.05) is 0 Å². The van der Waals surface area contributed by atoms with E-state index in [2.05, 4.69) is 0 Å². The summed E-state index contributed by atoms with van der Waals surface area (Å²) in [7, 11) is 0. The van der Waals surface area contributed by atoms with Crippen LogP contribution in [0, 0.1) is 0 Å². The van der Waals surface area contributed by atoms with Crippen molar-refractivity contribution in [3.8, 4) is 0 Å². The van der Waals surface area contributed by atoms with Crippen LogP contribution in [0.5, 0.6) is 0 Å². The zero-order chi connectivity index (χ0) is 17.3.